The number of aryl methyl sites for hydroxylation is 2. The first-order valence-electron chi connectivity index (χ1n) is 4.69. The lowest BCUT2D eigenvalue weighted by molar-refractivity contribution is 0.269. The average Bonchev–Trinajstić information content (AvgIpc) is 2.73. The summed E-state index contributed by atoms with van der Waals surface area (Å²) in [5.41, 5.74) is 2.13. The Morgan fingerprint density at radius 1 is 1.33 bits per heavy atom. The maximum atomic E-state index is 5.49. The first-order valence-corrected chi connectivity index (χ1v) is 4.69. The molecule has 15 heavy (non-hydrogen) atoms. The van der Waals surface area contributed by atoms with Crippen molar-refractivity contribution in [2.45, 2.75) is 20.5 Å². The van der Waals surface area contributed by atoms with Crippen molar-refractivity contribution in [1.29, 1.82) is 0 Å². The molecule has 0 atom stereocenters. The van der Waals surface area contributed by atoms with Crippen LogP contribution in [0.25, 0.3) is 0 Å². The van der Waals surface area contributed by atoms with Gasteiger partial charge in [0.15, 0.2) is 12.2 Å². The lowest BCUT2D eigenvalue weighted by Crippen LogP contribution is -1.96. The molecule has 0 saturated carbocycles. The molecule has 0 fully saturated rings. The molecule has 0 amide bonds. The molecule has 0 radical (unpaired) electrons. The number of pyridine rings is 1. The van der Waals surface area contributed by atoms with Crippen LogP contribution in [0.4, 0.5) is 0 Å². The van der Waals surface area contributed by atoms with E-state index in [1.165, 1.54) is 6.39 Å². The van der Waals surface area contributed by atoms with Gasteiger partial charge in [0.2, 0.25) is 0 Å². The Bertz CT molecular complexity index is 438. The molecule has 0 aliphatic rings. The molecule has 2 aromatic rings. The topological polar surface area (TPSA) is 48.2 Å². The molecular weight excluding hydrogens is 192 g/mol. The lowest BCUT2D eigenvalue weighted by Gasteiger charge is -2.05. The third-order valence-electron chi connectivity index (χ3n) is 2.18. The summed E-state index contributed by atoms with van der Waals surface area (Å²) in [6.45, 7) is 4.35. The molecule has 0 aliphatic carbocycles. The van der Waals surface area contributed by atoms with Crippen LogP contribution in [-0.4, -0.2) is 9.97 Å². The van der Waals surface area contributed by atoms with Crippen molar-refractivity contribution in [1.82, 2.24) is 9.97 Å². The Kier molecular flexibility index (Phi) is 2.67. The van der Waals surface area contributed by atoms with Crippen LogP contribution in [0.5, 0.6) is 5.75 Å². The van der Waals surface area contributed by atoms with Crippen LogP contribution in [-0.2, 0) is 6.61 Å². The summed E-state index contributed by atoms with van der Waals surface area (Å²) < 4.78 is 10.5. The normalized spacial score (nSPS) is 10.3. The van der Waals surface area contributed by atoms with Crippen molar-refractivity contribution in [3.8, 4) is 5.75 Å². The predicted molar refractivity (Wildman–Crippen MR) is 54.5 cm³/mol. The van der Waals surface area contributed by atoms with Crippen LogP contribution in [0.1, 0.15) is 17.0 Å². The van der Waals surface area contributed by atoms with Crippen LogP contribution in [0.2, 0.25) is 0 Å². The summed E-state index contributed by atoms with van der Waals surface area (Å²) in [6.07, 6.45) is 4.73. The number of ether oxygens (including phenoxy) is 1. The smallest absolute Gasteiger partial charge is 0.181 e. The molecule has 4 heteroatoms. The molecule has 0 aromatic carbocycles. The van der Waals surface area contributed by atoms with Gasteiger partial charge in [0, 0.05) is 5.69 Å². The number of rotatable bonds is 3. The minimum atomic E-state index is 0.379. The molecule has 4 nitrogen and oxygen atoms in total. The van der Waals surface area contributed by atoms with Crippen LogP contribution in [0.15, 0.2) is 29.3 Å². The first kappa shape index (κ1) is 9.71. The van der Waals surface area contributed by atoms with Gasteiger partial charge in [-0.05, 0) is 25.5 Å². The molecule has 0 unspecified atom stereocenters. The average molecular weight is 204 g/mol. The highest BCUT2D eigenvalue weighted by Gasteiger charge is 2.01. The lowest BCUT2D eigenvalue weighted by atomic mass is 10.2. The van der Waals surface area contributed by atoms with Crippen molar-refractivity contribution >= 4 is 0 Å². The van der Waals surface area contributed by atoms with Gasteiger partial charge < -0.3 is 9.15 Å². The van der Waals surface area contributed by atoms with Crippen molar-refractivity contribution < 1.29 is 9.15 Å². The zero-order valence-electron chi connectivity index (χ0n) is 8.73. The Morgan fingerprint density at radius 3 is 2.87 bits per heavy atom. The molecule has 0 spiro atoms. The second kappa shape index (κ2) is 4.13. The van der Waals surface area contributed by atoms with E-state index in [9.17, 15) is 0 Å². The monoisotopic (exact) mass is 204 g/mol. The minimum absolute atomic E-state index is 0.379. The maximum Gasteiger partial charge on any atom is 0.181 e. The van der Waals surface area contributed by atoms with Gasteiger partial charge in [0.1, 0.15) is 12.4 Å². The van der Waals surface area contributed by atoms with Gasteiger partial charge in [-0.1, -0.05) is 0 Å². The van der Waals surface area contributed by atoms with E-state index in [1.54, 1.807) is 12.4 Å². The molecule has 2 aromatic heterocycles. The van der Waals surface area contributed by atoms with Gasteiger partial charge in [0.25, 0.3) is 0 Å². The number of hydrogen-bond acceptors (Lipinski definition) is 4. The SMILES string of the molecule is Cc1cc(OCc2cnco2)cnc1C. The summed E-state index contributed by atoms with van der Waals surface area (Å²) >= 11 is 0. The number of hydrogen-bond donors (Lipinski definition) is 0. The fourth-order valence-corrected chi connectivity index (χ4v) is 1.16. The van der Waals surface area contributed by atoms with Crippen molar-refractivity contribution in [2.75, 3.05) is 0 Å². The van der Waals surface area contributed by atoms with Crippen molar-refractivity contribution in [3.05, 3.63) is 41.9 Å². The van der Waals surface area contributed by atoms with Gasteiger partial charge in [-0.2, -0.15) is 0 Å². The predicted octanol–water partition coefficient (Wildman–Crippen LogP) is 2.27. The van der Waals surface area contributed by atoms with E-state index in [4.69, 9.17) is 9.15 Å². The Balaban J connectivity index is 2.02. The molecule has 2 rings (SSSR count). The van der Waals surface area contributed by atoms with Gasteiger partial charge in [0.05, 0.1) is 12.4 Å². The number of nitrogens with zero attached hydrogens (tertiary/aromatic N) is 2. The third kappa shape index (κ3) is 2.34. The molecule has 0 N–H and O–H groups in total. The molecule has 78 valence electrons. The highest BCUT2D eigenvalue weighted by atomic mass is 16.5. The van der Waals surface area contributed by atoms with Crippen LogP contribution >= 0.6 is 0 Å². The van der Waals surface area contributed by atoms with Crippen molar-refractivity contribution in [3.63, 3.8) is 0 Å². The van der Waals surface area contributed by atoms with Gasteiger partial charge in [-0.3, -0.25) is 4.98 Å². The third-order valence-corrected chi connectivity index (χ3v) is 2.18. The van der Waals surface area contributed by atoms with Crippen LogP contribution in [0.3, 0.4) is 0 Å². The maximum absolute atomic E-state index is 5.49. The largest absolute Gasteiger partial charge is 0.484 e. The Morgan fingerprint density at radius 2 is 2.20 bits per heavy atom. The van der Waals surface area contributed by atoms with E-state index in [0.29, 0.717) is 12.4 Å². The summed E-state index contributed by atoms with van der Waals surface area (Å²) in [5.74, 6) is 1.45. The second-order valence-corrected chi connectivity index (χ2v) is 3.33. The van der Waals surface area contributed by atoms with Crippen molar-refractivity contribution in [2.24, 2.45) is 0 Å². The van der Waals surface area contributed by atoms with E-state index in [2.05, 4.69) is 9.97 Å². The van der Waals surface area contributed by atoms with E-state index < -0.39 is 0 Å². The fraction of sp³-hybridized carbons (Fsp3) is 0.273. The Labute approximate surface area is 87.9 Å². The van der Waals surface area contributed by atoms with Crippen LogP contribution in [0, 0.1) is 13.8 Å². The highest BCUT2D eigenvalue weighted by Crippen LogP contribution is 2.15. The van der Waals surface area contributed by atoms with Gasteiger partial charge in [-0.15, -0.1) is 0 Å². The minimum Gasteiger partial charge on any atom is -0.484 e. The zero-order chi connectivity index (χ0) is 10.7. The molecule has 0 bridgehead atoms. The van der Waals surface area contributed by atoms with E-state index in [-0.39, 0.29) is 0 Å². The molecule has 0 saturated heterocycles. The highest BCUT2D eigenvalue weighted by molar-refractivity contribution is 5.27. The van der Waals surface area contributed by atoms with E-state index in [0.717, 1.165) is 17.0 Å². The second-order valence-electron chi connectivity index (χ2n) is 3.33. The van der Waals surface area contributed by atoms with Crippen LogP contribution < -0.4 is 4.74 Å². The summed E-state index contributed by atoms with van der Waals surface area (Å²) in [5, 5.41) is 0. The van der Waals surface area contributed by atoms with E-state index in [1.807, 2.05) is 19.9 Å². The Hall–Kier alpha value is -1.84. The fourth-order valence-electron chi connectivity index (χ4n) is 1.16. The molecule has 2 heterocycles. The van der Waals surface area contributed by atoms with Gasteiger partial charge >= 0.3 is 0 Å². The first-order chi connectivity index (χ1) is 7.25. The summed E-state index contributed by atoms with van der Waals surface area (Å²) in [4.78, 5) is 8.01. The standard InChI is InChI=1S/C11H12N2O2/c1-8-3-10(5-13-9(8)2)14-6-11-4-12-7-15-11/h3-5,7H,6H2,1-2H3. The quantitative estimate of drug-likeness (QED) is 0.769. The molecular formula is C11H12N2O2. The van der Waals surface area contributed by atoms with Gasteiger partial charge in [-0.25, -0.2) is 4.98 Å². The molecule has 0 aliphatic heterocycles. The number of aromatic nitrogens is 2. The number of oxazole rings is 1. The summed E-state index contributed by atoms with van der Waals surface area (Å²) in [6, 6.07) is 1.96. The zero-order valence-corrected chi connectivity index (χ0v) is 8.73. The van der Waals surface area contributed by atoms with E-state index >= 15 is 0 Å². The summed E-state index contributed by atoms with van der Waals surface area (Å²) in [7, 11) is 0.